The van der Waals surface area contributed by atoms with Crippen LogP contribution >= 0.6 is 22.9 Å². The Morgan fingerprint density at radius 1 is 1.22 bits per heavy atom. The third kappa shape index (κ3) is 2.06. The largest absolute Gasteiger partial charge is 0.222 e. The van der Waals surface area contributed by atoms with Gasteiger partial charge in [0.2, 0.25) is 0 Å². The molecule has 0 bridgehead atoms. The van der Waals surface area contributed by atoms with E-state index in [-0.39, 0.29) is 4.21 Å². The van der Waals surface area contributed by atoms with E-state index in [1.807, 2.05) is 25.1 Å². The minimum atomic E-state index is -3.40. The fraction of sp³-hybridized carbons (Fsp3) is 0.385. The summed E-state index contributed by atoms with van der Waals surface area (Å²) < 4.78 is 25.3. The topological polar surface area (TPSA) is 34.1 Å². The number of hydrogen-bond acceptors (Lipinski definition) is 3. The molecule has 2 aromatic rings. The molecule has 0 aliphatic rings. The van der Waals surface area contributed by atoms with Gasteiger partial charge in [-0.05, 0) is 39.8 Å². The molecule has 0 radical (unpaired) electrons. The van der Waals surface area contributed by atoms with Gasteiger partial charge in [-0.15, -0.1) is 11.3 Å². The van der Waals surface area contributed by atoms with Crippen LogP contribution in [0.5, 0.6) is 0 Å². The third-order valence-electron chi connectivity index (χ3n) is 2.80. The highest BCUT2D eigenvalue weighted by Gasteiger charge is 2.34. The highest BCUT2D eigenvalue weighted by molar-refractivity contribution is 7.95. The lowest BCUT2D eigenvalue weighted by Gasteiger charge is -2.17. The van der Waals surface area contributed by atoms with E-state index in [0.717, 1.165) is 15.6 Å². The van der Waals surface area contributed by atoms with Crippen molar-refractivity contribution in [1.82, 2.24) is 0 Å². The monoisotopic (exact) mass is 302 g/mol. The molecule has 0 spiro atoms. The number of aryl methyl sites for hydroxylation is 1. The molecule has 0 saturated carbocycles. The molecule has 0 amide bonds. The van der Waals surface area contributed by atoms with Gasteiger partial charge < -0.3 is 0 Å². The van der Waals surface area contributed by atoms with Crippen molar-refractivity contribution < 1.29 is 8.42 Å². The second kappa shape index (κ2) is 4.22. The summed E-state index contributed by atoms with van der Waals surface area (Å²) in [6.07, 6.45) is 0. The molecule has 98 valence electrons. The molecule has 0 atom stereocenters. The van der Waals surface area contributed by atoms with Gasteiger partial charge in [-0.3, -0.25) is 0 Å². The number of benzene rings is 1. The van der Waals surface area contributed by atoms with E-state index in [2.05, 4.69) is 0 Å². The second-order valence-electron chi connectivity index (χ2n) is 5.32. The molecule has 0 aliphatic heterocycles. The normalized spacial score (nSPS) is 13.2. The van der Waals surface area contributed by atoms with Crippen LogP contribution in [0.25, 0.3) is 10.1 Å². The van der Waals surface area contributed by atoms with E-state index in [9.17, 15) is 8.42 Å². The molecular formula is C13H15ClO2S2. The number of fused-ring (bicyclic) bond motifs is 1. The van der Waals surface area contributed by atoms with Crippen LogP contribution in [-0.2, 0) is 9.84 Å². The second-order valence-corrected chi connectivity index (χ2v) is 9.65. The summed E-state index contributed by atoms with van der Waals surface area (Å²) in [6, 6.07) is 5.81. The molecule has 0 unspecified atom stereocenters. The number of rotatable bonds is 1. The summed E-state index contributed by atoms with van der Waals surface area (Å²) in [4.78, 5) is 0. The quantitative estimate of drug-likeness (QED) is 0.780. The Bertz CT molecular complexity index is 706. The highest BCUT2D eigenvalue weighted by Crippen LogP contribution is 2.42. The van der Waals surface area contributed by atoms with Crippen molar-refractivity contribution in [2.24, 2.45) is 0 Å². The molecule has 18 heavy (non-hydrogen) atoms. The zero-order chi connectivity index (χ0) is 13.7. The van der Waals surface area contributed by atoms with Crippen LogP contribution in [0.15, 0.2) is 22.4 Å². The average Bonchev–Trinajstić information content (AvgIpc) is 2.55. The first-order chi connectivity index (χ1) is 8.14. The summed E-state index contributed by atoms with van der Waals surface area (Å²) in [5.74, 6) is 0. The first-order valence-electron chi connectivity index (χ1n) is 5.58. The summed E-state index contributed by atoms with van der Waals surface area (Å²) >= 11 is 7.50. The van der Waals surface area contributed by atoms with Gasteiger partial charge in [0.25, 0.3) is 0 Å². The van der Waals surface area contributed by atoms with Crippen molar-refractivity contribution in [3.8, 4) is 0 Å². The molecule has 1 aromatic heterocycles. The van der Waals surface area contributed by atoms with Gasteiger partial charge in [-0.1, -0.05) is 23.2 Å². The van der Waals surface area contributed by atoms with Gasteiger partial charge >= 0.3 is 0 Å². The van der Waals surface area contributed by atoms with E-state index >= 15 is 0 Å². The number of hydrogen-bond donors (Lipinski definition) is 0. The minimum Gasteiger partial charge on any atom is -0.222 e. The minimum absolute atomic E-state index is 0.275. The van der Waals surface area contributed by atoms with E-state index in [4.69, 9.17) is 11.6 Å². The fourth-order valence-electron chi connectivity index (χ4n) is 1.61. The van der Waals surface area contributed by atoms with Crippen LogP contribution in [0.2, 0.25) is 5.02 Å². The lowest BCUT2D eigenvalue weighted by Crippen LogP contribution is -2.27. The standard InChI is InChI=1S/C13H15ClO2S2/c1-8-5-6-10-9(7-8)11(14)12(17-10)18(15,16)13(2,3)4/h5-7H,1-4H3. The van der Waals surface area contributed by atoms with Crippen molar-refractivity contribution in [2.75, 3.05) is 0 Å². The van der Waals surface area contributed by atoms with Crippen LogP contribution in [0.4, 0.5) is 0 Å². The van der Waals surface area contributed by atoms with E-state index in [1.165, 1.54) is 11.3 Å². The van der Waals surface area contributed by atoms with Crippen molar-refractivity contribution in [3.05, 3.63) is 28.8 Å². The highest BCUT2D eigenvalue weighted by atomic mass is 35.5. The van der Waals surface area contributed by atoms with Gasteiger partial charge in [0.05, 0.1) is 9.77 Å². The van der Waals surface area contributed by atoms with Crippen LogP contribution in [0.1, 0.15) is 26.3 Å². The lowest BCUT2D eigenvalue weighted by atomic mass is 10.2. The Hall–Kier alpha value is -0.580. The molecule has 0 saturated heterocycles. The zero-order valence-electron chi connectivity index (χ0n) is 10.7. The maximum absolute atomic E-state index is 12.5. The number of thiophene rings is 1. The molecule has 2 rings (SSSR count). The first kappa shape index (κ1) is 13.8. The van der Waals surface area contributed by atoms with Gasteiger partial charge in [0.1, 0.15) is 4.21 Å². The van der Waals surface area contributed by atoms with Crippen LogP contribution < -0.4 is 0 Å². The Kier molecular flexibility index (Phi) is 3.24. The van der Waals surface area contributed by atoms with Crippen LogP contribution in [-0.4, -0.2) is 13.2 Å². The molecule has 2 nitrogen and oxygen atoms in total. The molecule has 5 heteroatoms. The van der Waals surface area contributed by atoms with E-state index in [0.29, 0.717) is 5.02 Å². The molecule has 0 N–H and O–H groups in total. The van der Waals surface area contributed by atoms with Crippen LogP contribution in [0, 0.1) is 6.92 Å². The predicted octanol–water partition coefficient (Wildman–Crippen LogP) is 4.44. The van der Waals surface area contributed by atoms with Crippen molar-refractivity contribution >= 4 is 42.9 Å². The van der Waals surface area contributed by atoms with Gasteiger partial charge in [-0.25, -0.2) is 8.42 Å². The number of halogens is 1. The average molecular weight is 303 g/mol. The van der Waals surface area contributed by atoms with Crippen molar-refractivity contribution in [3.63, 3.8) is 0 Å². The first-order valence-corrected chi connectivity index (χ1v) is 8.25. The Balaban J connectivity index is 2.79. The molecule has 1 heterocycles. The van der Waals surface area contributed by atoms with E-state index in [1.54, 1.807) is 20.8 Å². The summed E-state index contributed by atoms with van der Waals surface area (Å²) in [5.41, 5.74) is 1.07. The van der Waals surface area contributed by atoms with Gasteiger partial charge in [0, 0.05) is 10.1 Å². The summed E-state index contributed by atoms with van der Waals surface area (Å²) in [5, 5.41) is 1.18. The van der Waals surface area contributed by atoms with Gasteiger partial charge in [-0.2, -0.15) is 0 Å². The SMILES string of the molecule is Cc1ccc2sc(S(=O)(=O)C(C)(C)C)c(Cl)c2c1. The third-order valence-corrected chi connectivity index (χ3v) is 7.60. The summed E-state index contributed by atoms with van der Waals surface area (Å²) in [6.45, 7) is 7.03. The Morgan fingerprint density at radius 2 is 1.83 bits per heavy atom. The lowest BCUT2D eigenvalue weighted by molar-refractivity contribution is 0.562. The number of sulfone groups is 1. The van der Waals surface area contributed by atoms with Crippen molar-refractivity contribution in [2.45, 2.75) is 36.7 Å². The smallest absolute Gasteiger partial charge is 0.194 e. The van der Waals surface area contributed by atoms with Gasteiger partial charge in [0.15, 0.2) is 9.84 Å². The maximum atomic E-state index is 12.5. The maximum Gasteiger partial charge on any atom is 0.194 e. The molecular weight excluding hydrogens is 288 g/mol. The molecule has 0 fully saturated rings. The van der Waals surface area contributed by atoms with Crippen LogP contribution in [0.3, 0.4) is 0 Å². The molecule has 0 aliphatic carbocycles. The Labute approximate surface area is 117 Å². The summed E-state index contributed by atoms with van der Waals surface area (Å²) in [7, 11) is -3.40. The molecule has 1 aromatic carbocycles. The van der Waals surface area contributed by atoms with Crippen molar-refractivity contribution in [1.29, 1.82) is 0 Å². The van der Waals surface area contributed by atoms with E-state index < -0.39 is 14.6 Å². The zero-order valence-corrected chi connectivity index (χ0v) is 13.1. The Morgan fingerprint density at radius 3 is 2.39 bits per heavy atom. The fourth-order valence-corrected chi connectivity index (χ4v) is 5.41. The predicted molar refractivity (Wildman–Crippen MR) is 78.5 cm³/mol.